The highest BCUT2D eigenvalue weighted by atomic mass is 15.3. The second-order valence-corrected chi connectivity index (χ2v) is 3.39. The summed E-state index contributed by atoms with van der Waals surface area (Å²) in [6.45, 7) is 9.41. The van der Waals surface area contributed by atoms with E-state index in [1.807, 2.05) is 24.7 Å². The minimum absolute atomic E-state index is 0.568. The molecule has 0 radical (unpaired) electrons. The Bertz CT molecular complexity index is 299. The molecule has 1 aromatic heterocycles. The molecule has 1 rings (SSSR count). The maximum Gasteiger partial charge on any atom is 0.0537 e. The maximum atomic E-state index is 5.55. The van der Waals surface area contributed by atoms with Gasteiger partial charge in [0.25, 0.3) is 0 Å². The fraction of sp³-hybridized carbons (Fsp3) is 0.500. The van der Waals surface area contributed by atoms with Crippen LogP contribution in [0.5, 0.6) is 0 Å². The first kappa shape index (κ1) is 9.99. The quantitative estimate of drug-likeness (QED) is 0.714. The Kier molecular flexibility index (Phi) is 3.25. The van der Waals surface area contributed by atoms with E-state index in [0.717, 1.165) is 18.5 Å². The van der Waals surface area contributed by atoms with Crippen LogP contribution in [0.2, 0.25) is 0 Å². The second-order valence-electron chi connectivity index (χ2n) is 3.39. The lowest BCUT2D eigenvalue weighted by Gasteiger charge is -2.04. The third-order valence-corrected chi connectivity index (χ3v) is 2.18. The zero-order chi connectivity index (χ0) is 9.84. The predicted octanol–water partition coefficient (Wildman–Crippen LogP) is 1.62. The van der Waals surface area contributed by atoms with Crippen LogP contribution in [0.1, 0.15) is 24.6 Å². The van der Waals surface area contributed by atoms with Crippen molar-refractivity contribution in [2.24, 2.45) is 5.73 Å². The molecule has 0 aromatic carbocycles. The molecule has 0 fully saturated rings. The van der Waals surface area contributed by atoms with Gasteiger partial charge in [0.05, 0.1) is 6.20 Å². The summed E-state index contributed by atoms with van der Waals surface area (Å²) in [5.41, 5.74) is 9.03. The average molecular weight is 179 g/mol. The highest BCUT2D eigenvalue weighted by Gasteiger charge is 2.03. The molecule has 0 aliphatic heterocycles. The van der Waals surface area contributed by atoms with Crippen LogP contribution in [0.15, 0.2) is 18.3 Å². The molecule has 1 aromatic rings. The van der Waals surface area contributed by atoms with Gasteiger partial charge in [-0.05, 0) is 20.3 Å². The van der Waals surface area contributed by atoms with Crippen molar-refractivity contribution in [3.05, 3.63) is 29.6 Å². The lowest BCUT2D eigenvalue weighted by atomic mass is 10.2. The molecule has 0 saturated carbocycles. The van der Waals surface area contributed by atoms with Crippen molar-refractivity contribution in [2.45, 2.75) is 33.4 Å². The van der Waals surface area contributed by atoms with Crippen molar-refractivity contribution in [1.82, 2.24) is 9.78 Å². The van der Waals surface area contributed by atoms with Crippen molar-refractivity contribution in [2.75, 3.05) is 0 Å². The molecule has 2 N–H and O–H groups in total. The van der Waals surface area contributed by atoms with Crippen LogP contribution in [0.4, 0.5) is 0 Å². The number of nitrogens with zero attached hydrogens (tertiary/aromatic N) is 2. The third-order valence-electron chi connectivity index (χ3n) is 2.18. The number of hydrogen-bond acceptors (Lipinski definition) is 2. The van der Waals surface area contributed by atoms with Gasteiger partial charge in [-0.3, -0.25) is 4.68 Å². The van der Waals surface area contributed by atoms with Gasteiger partial charge >= 0.3 is 0 Å². The van der Waals surface area contributed by atoms with Crippen molar-refractivity contribution in [1.29, 1.82) is 0 Å². The number of aromatic nitrogens is 2. The molecular weight excluding hydrogens is 162 g/mol. The minimum atomic E-state index is 0.568. The number of nitrogens with two attached hydrogens (primary N) is 1. The first-order valence-corrected chi connectivity index (χ1v) is 4.51. The summed E-state index contributed by atoms with van der Waals surface area (Å²) in [6.07, 6.45) is 2.82. The Labute approximate surface area is 79.2 Å². The smallest absolute Gasteiger partial charge is 0.0537 e. The topological polar surface area (TPSA) is 43.8 Å². The van der Waals surface area contributed by atoms with Gasteiger partial charge < -0.3 is 5.73 Å². The van der Waals surface area contributed by atoms with Gasteiger partial charge in [-0.2, -0.15) is 5.10 Å². The Balaban J connectivity index is 2.67. The van der Waals surface area contributed by atoms with Crippen LogP contribution >= 0.6 is 0 Å². The van der Waals surface area contributed by atoms with Crippen molar-refractivity contribution >= 4 is 0 Å². The predicted molar refractivity (Wildman–Crippen MR) is 54.3 cm³/mol. The van der Waals surface area contributed by atoms with Crippen LogP contribution in [0.3, 0.4) is 0 Å². The first-order chi connectivity index (χ1) is 6.15. The Morgan fingerprint density at radius 1 is 1.69 bits per heavy atom. The molecule has 1 heterocycles. The molecule has 3 nitrogen and oxygen atoms in total. The van der Waals surface area contributed by atoms with E-state index < -0.39 is 0 Å². The lowest BCUT2D eigenvalue weighted by molar-refractivity contribution is 0.595. The summed E-state index contributed by atoms with van der Waals surface area (Å²) in [5, 5.41) is 4.25. The van der Waals surface area contributed by atoms with E-state index in [4.69, 9.17) is 5.73 Å². The van der Waals surface area contributed by atoms with Crippen LogP contribution in [-0.4, -0.2) is 9.78 Å². The van der Waals surface area contributed by atoms with Crippen molar-refractivity contribution < 1.29 is 0 Å². The first-order valence-electron chi connectivity index (χ1n) is 4.51. The van der Waals surface area contributed by atoms with E-state index >= 15 is 0 Å². The van der Waals surface area contributed by atoms with Gasteiger partial charge in [0.15, 0.2) is 0 Å². The van der Waals surface area contributed by atoms with Crippen LogP contribution < -0.4 is 5.73 Å². The number of hydrogen-bond donors (Lipinski definition) is 1. The molecule has 0 unspecified atom stereocenters. The van der Waals surface area contributed by atoms with Crippen LogP contribution in [-0.2, 0) is 13.1 Å². The zero-order valence-electron chi connectivity index (χ0n) is 8.38. The highest BCUT2D eigenvalue weighted by Crippen LogP contribution is 2.08. The fourth-order valence-corrected chi connectivity index (χ4v) is 1.21. The summed E-state index contributed by atoms with van der Waals surface area (Å²) >= 11 is 0. The van der Waals surface area contributed by atoms with Gasteiger partial charge in [0, 0.05) is 24.3 Å². The van der Waals surface area contributed by atoms with Crippen molar-refractivity contribution in [3.63, 3.8) is 0 Å². The molecular formula is C10H17N3. The second kappa shape index (κ2) is 4.23. The van der Waals surface area contributed by atoms with Crippen molar-refractivity contribution in [3.8, 4) is 0 Å². The minimum Gasteiger partial charge on any atom is -0.326 e. The van der Waals surface area contributed by atoms with Gasteiger partial charge in [-0.1, -0.05) is 5.57 Å². The third kappa shape index (κ3) is 2.42. The van der Waals surface area contributed by atoms with Crippen LogP contribution in [0, 0.1) is 6.92 Å². The monoisotopic (exact) mass is 179 g/mol. The van der Waals surface area contributed by atoms with E-state index in [1.165, 1.54) is 11.3 Å². The molecule has 72 valence electrons. The molecule has 0 bridgehead atoms. The number of aryl methyl sites for hydroxylation is 1. The molecule has 13 heavy (non-hydrogen) atoms. The maximum absolute atomic E-state index is 5.55. The Morgan fingerprint density at radius 2 is 2.38 bits per heavy atom. The van der Waals surface area contributed by atoms with Gasteiger partial charge in [-0.25, -0.2) is 0 Å². The Morgan fingerprint density at radius 3 is 2.85 bits per heavy atom. The molecule has 3 heteroatoms. The molecule has 0 atom stereocenters. The van der Waals surface area contributed by atoms with E-state index in [1.54, 1.807) is 0 Å². The molecule has 0 aliphatic rings. The normalized spacial score (nSPS) is 10.4. The SMILES string of the molecule is C=C(C)CCn1ncc(CN)c1C. The lowest BCUT2D eigenvalue weighted by Crippen LogP contribution is -2.04. The van der Waals surface area contributed by atoms with Gasteiger partial charge in [0.1, 0.15) is 0 Å². The summed E-state index contributed by atoms with van der Waals surface area (Å²) in [7, 11) is 0. The number of rotatable bonds is 4. The highest BCUT2D eigenvalue weighted by molar-refractivity contribution is 5.15. The average Bonchev–Trinajstić information content (AvgIpc) is 2.43. The summed E-state index contributed by atoms with van der Waals surface area (Å²) in [4.78, 5) is 0. The van der Waals surface area contributed by atoms with Gasteiger partial charge in [0.2, 0.25) is 0 Å². The molecule has 0 spiro atoms. The van der Waals surface area contributed by atoms with E-state index in [9.17, 15) is 0 Å². The fourth-order valence-electron chi connectivity index (χ4n) is 1.21. The Hall–Kier alpha value is -1.09. The number of allylic oxidation sites excluding steroid dienone is 1. The standard InChI is InChI=1S/C10H17N3/c1-8(2)4-5-13-9(3)10(6-11)7-12-13/h7H,1,4-6,11H2,2-3H3. The van der Waals surface area contributed by atoms with Crippen LogP contribution in [0.25, 0.3) is 0 Å². The molecule has 0 amide bonds. The van der Waals surface area contributed by atoms with E-state index in [2.05, 4.69) is 11.7 Å². The van der Waals surface area contributed by atoms with E-state index in [-0.39, 0.29) is 0 Å². The largest absolute Gasteiger partial charge is 0.326 e. The summed E-state index contributed by atoms with van der Waals surface area (Å²) in [6, 6.07) is 0. The summed E-state index contributed by atoms with van der Waals surface area (Å²) < 4.78 is 1.98. The summed E-state index contributed by atoms with van der Waals surface area (Å²) in [5.74, 6) is 0. The van der Waals surface area contributed by atoms with E-state index in [0.29, 0.717) is 6.54 Å². The molecule has 0 saturated heterocycles. The zero-order valence-corrected chi connectivity index (χ0v) is 8.38. The molecule has 0 aliphatic carbocycles. The van der Waals surface area contributed by atoms with Gasteiger partial charge in [-0.15, -0.1) is 6.58 Å².